The van der Waals surface area contributed by atoms with Crippen LogP contribution in [-0.2, 0) is 14.6 Å². The number of carbonyl (C=O) groups excluding carboxylic acids is 1. The zero-order chi connectivity index (χ0) is 13.2. The van der Waals surface area contributed by atoms with Gasteiger partial charge in [0.15, 0.2) is 9.84 Å². The maximum Gasteiger partial charge on any atom is 0.219 e. The van der Waals surface area contributed by atoms with Crippen LogP contribution in [0, 0.1) is 0 Å². The summed E-state index contributed by atoms with van der Waals surface area (Å²) in [5, 5.41) is -0.365. The number of piperidine rings is 1. The zero-order valence-corrected chi connectivity index (χ0v) is 11.2. The zero-order valence-electron chi connectivity index (χ0n) is 10.4. The van der Waals surface area contributed by atoms with Gasteiger partial charge in [0.25, 0.3) is 0 Å². The summed E-state index contributed by atoms with van der Waals surface area (Å²) in [5.41, 5.74) is 0. The summed E-state index contributed by atoms with van der Waals surface area (Å²) in [4.78, 5) is 13.3. The van der Waals surface area contributed by atoms with E-state index < -0.39 is 9.84 Å². The number of amides is 1. The van der Waals surface area contributed by atoms with Crippen molar-refractivity contribution in [3.63, 3.8) is 0 Å². The lowest BCUT2D eigenvalue weighted by molar-refractivity contribution is -0.129. The van der Waals surface area contributed by atoms with Crippen molar-refractivity contribution in [1.29, 1.82) is 0 Å². The van der Waals surface area contributed by atoms with Crippen LogP contribution in [0.2, 0.25) is 0 Å². The first-order chi connectivity index (χ1) is 8.51. The number of carbonyl (C=O) groups is 1. The maximum absolute atomic E-state index is 12.4. The topological polar surface area (TPSA) is 54.5 Å². The van der Waals surface area contributed by atoms with E-state index in [0.29, 0.717) is 30.8 Å². The summed E-state index contributed by atoms with van der Waals surface area (Å²) in [6.45, 7) is 2.59. The lowest BCUT2D eigenvalue weighted by Crippen LogP contribution is -2.41. The number of benzene rings is 1. The van der Waals surface area contributed by atoms with Crippen LogP contribution in [-0.4, -0.2) is 37.6 Å². The van der Waals surface area contributed by atoms with Crippen LogP contribution in [0.15, 0.2) is 35.2 Å². The van der Waals surface area contributed by atoms with Crippen molar-refractivity contribution in [2.75, 3.05) is 13.1 Å². The van der Waals surface area contributed by atoms with Crippen LogP contribution >= 0.6 is 0 Å². The quantitative estimate of drug-likeness (QED) is 0.815. The van der Waals surface area contributed by atoms with Crippen molar-refractivity contribution in [2.24, 2.45) is 0 Å². The first kappa shape index (κ1) is 13.1. The van der Waals surface area contributed by atoms with Crippen LogP contribution in [0.3, 0.4) is 0 Å². The molecule has 1 saturated heterocycles. The van der Waals surface area contributed by atoms with Gasteiger partial charge in [0.1, 0.15) is 0 Å². The van der Waals surface area contributed by atoms with E-state index in [1.165, 1.54) is 6.92 Å². The highest BCUT2D eigenvalue weighted by molar-refractivity contribution is 7.92. The van der Waals surface area contributed by atoms with Crippen molar-refractivity contribution >= 4 is 15.7 Å². The molecule has 1 amide bonds. The molecule has 0 aliphatic carbocycles. The number of rotatable bonds is 2. The van der Waals surface area contributed by atoms with E-state index in [2.05, 4.69) is 0 Å². The first-order valence-corrected chi connectivity index (χ1v) is 7.61. The molecule has 0 bridgehead atoms. The normalized spacial score (nSPS) is 17.7. The van der Waals surface area contributed by atoms with E-state index in [9.17, 15) is 13.2 Å². The average Bonchev–Trinajstić information content (AvgIpc) is 2.40. The molecule has 0 saturated carbocycles. The van der Waals surface area contributed by atoms with Gasteiger partial charge >= 0.3 is 0 Å². The van der Waals surface area contributed by atoms with Gasteiger partial charge in [-0.15, -0.1) is 0 Å². The number of hydrogen-bond acceptors (Lipinski definition) is 3. The molecule has 0 spiro atoms. The summed E-state index contributed by atoms with van der Waals surface area (Å²) in [6.07, 6.45) is 1.05. The molecular formula is C13H17NO3S. The average molecular weight is 267 g/mol. The monoisotopic (exact) mass is 267 g/mol. The molecule has 1 aromatic rings. The molecular weight excluding hydrogens is 250 g/mol. The third-order valence-electron chi connectivity index (χ3n) is 3.40. The fourth-order valence-electron chi connectivity index (χ4n) is 2.28. The molecule has 1 fully saturated rings. The Labute approximate surface area is 108 Å². The second-order valence-electron chi connectivity index (χ2n) is 4.56. The minimum absolute atomic E-state index is 0.0190. The van der Waals surface area contributed by atoms with Crippen molar-refractivity contribution in [1.82, 2.24) is 4.90 Å². The SMILES string of the molecule is CC(=O)N1CCC(S(=O)(=O)c2ccccc2)CC1. The molecule has 1 aromatic carbocycles. The summed E-state index contributed by atoms with van der Waals surface area (Å²) in [5.74, 6) is 0.0190. The van der Waals surface area contributed by atoms with E-state index in [4.69, 9.17) is 0 Å². The molecule has 0 aromatic heterocycles. The number of hydrogen-bond donors (Lipinski definition) is 0. The molecule has 1 aliphatic heterocycles. The number of nitrogens with zero attached hydrogens (tertiary/aromatic N) is 1. The van der Waals surface area contributed by atoms with Crippen molar-refractivity contribution in [3.05, 3.63) is 30.3 Å². The van der Waals surface area contributed by atoms with Crippen molar-refractivity contribution < 1.29 is 13.2 Å². The summed E-state index contributed by atoms with van der Waals surface area (Å²) < 4.78 is 24.7. The van der Waals surface area contributed by atoms with Gasteiger partial charge < -0.3 is 4.90 Å². The summed E-state index contributed by atoms with van der Waals surface area (Å²) in [7, 11) is -3.25. The van der Waals surface area contributed by atoms with E-state index in [-0.39, 0.29) is 11.2 Å². The van der Waals surface area contributed by atoms with Crippen molar-refractivity contribution in [2.45, 2.75) is 29.9 Å². The molecule has 2 rings (SSSR count). The summed E-state index contributed by atoms with van der Waals surface area (Å²) >= 11 is 0. The second-order valence-corrected chi connectivity index (χ2v) is 6.79. The molecule has 4 nitrogen and oxygen atoms in total. The maximum atomic E-state index is 12.4. The predicted octanol–water partition coefficient (Wildman–Crippen LogP) is 1.47. The molecule has 98 valence electrons. The molecule has 0 radical (unpaired) electrons. The molecule has 1 aliphatic rings. The minimum atomic E-state index is -3.25. The van der Waals surface area contributed by atoms with Crippen molar-refractivity contribution in [3.8, 4) is 0 Å². The molecule has 1 heterocycles. The smallest absolute Gasteiger partial charge is 0.219 e. The summed E-state index contributed by atoms with van der Waals surface area (Å²) in [6, 6.07) is 8.53. The third-order valence-corrected chi connectivity index (χ3v) is 5.68. The van der Waals surface area contributed by atoms with Gasteiger partial charge in [0, 0.05) is 20.0 Å². The highest BCUT2D eigenvalue weighted by atomic mass is 32.2. The van der Waals surface area contributed by atoms with Gasteiger partial charge in [-0.25, -0.2) is 8.42 Å². The van der Waals surface area contributed by atoms with Crippen LogP contribution in [0.4, 0.5) is 0 Å². The highest BCUT2D eigenvalue weighted by Crippen LogP contribution is 2.24. The van der Waals surface area contributed by atoms with Gasteiger partial charge in [-0.1, -0.05) is 18.2 Å². The standard InChI is InChI=1S/C13H17NO3S/c1-11(15)14-9-7-13(8-10-14)18(16,17)12-5-3-2-4-6-12/h2-6,13H,7-10H2,1H3. The first-order valence-electron chi connectivity index (χ1n) is 6.06. The molecule has 0 unspecified atom stereocenters. The molecule has 18 heavy (non-hydrogen) atoms. The lowest BCUT2D eigenvalue weighted by atomic mass is 10.1. The van der Waals surface area contributed by atoms with E-state index in [1.54, 1.807) is 35.2 Å². The van der Waals surface area contributed by atoms with E-state index >= 15 is 0 Å². The van der Waals surface area contributed by atoms with Gasteiger partial charge in [-0.2, -0.15) is 0 Å². The predicted molar refractivity (Wildman–Crippen MR) is 68.9 cm³/mol. The highest BCUT2D eigenvalue weighted by Gasteiger charge is 2.31. The third kappa shape index (κ3) is 2.56. The minimum Gasteiger partial charge on any atom is -0.343 e. The van der Waals surface area contributed by atoms with Gasteiger partial charge in [0.05, 0.1) is 10.1 Å². The number of likely N-dealkylation sites (tertiary alicyclic amines) is 1. The van der Waals surface area contributed by atoms with E-state index in [1.807, 2.05) is 0 Å². The van der Waals surface area contributed by atoms with Gasteiger partial charge in [-0.3, -0.25) is 4.79 Å². The van der Waals surface area contributed by atoms with Gasteiger partial charge in [-0.05, 0) is 25.0 Å². The van der Waals surface area contributed by atoms with E-state index in [0.717, 1.165) is 0 Å². The lowest BCUT2D eigenvalue weighted by Gasteiger charge is -2.30. The van der Waals surface area contributed by atoms with Gasteiger partial charge in [0.2, 0.25) is 5.91 Å². The van der Waals surface area contributed by atoms with Crippen LogP contribution in [0.25, 0.3) is 0 Å². The molecule has 0 atom stereocenters. The Hall–Kier alpha value is -1.36. The number of sulfone groups is 1. The molecule has 5 heteroatoms. The van der Waals surface area contributed by atoms with Crippen LogP contribution < -0.4 is 0 Å². The Morgan fingerprint density at radius 1 is 1.17 bits per heavy atom. The van der Waals surface area contributed by atoms with Crippen LogP contribution in [0.1, 0.15) is 19.8 Å². The fraction of sp³-hybridized carbons (Fsp3) is 0.462. The fourth-order valence-corrected chi connectivity index (χ4v) is 4.04. The second kappa shape index (κ2) is 5.10. The Morgan fingerprint density at radius 2 is 1.72 bits per heavy atom. The Bertz CT molecular complexity index is 516. The molecule has 0 N–H and O–H groups in total. The Morgan fingerprint density at radius 3 is 2.22 bits per heavy atom. The van der Waals surface area contributed by atoms with Crippen LogP contribution in [0.5, 0.6) is 0 Å². The largest absolute Gasteiger partial charge is 0.343 e. The Balaban J connectivity index is 2.12. The Kier molecular flexibility index (Phi) is 3.71.